The van der Waals surface area contributed by atoms with Gasteiger partial charge in [0.1, 0.15) is 0 Å². The van der Waals surface area contributed by atoms with E-state index in [2.05, 4.69) is 27.3 Å². The number of anilines is 1. The lowest BCUT2D eigenvalue weighted by Gasteiger charge is -2.03. The number of thiazole rings is 1. The standard InChI is InChI=1S/C15H17N5S/c1-3-13-9-18-15(21-13)17-8-12-10-20(2)19-14(12)11-4-6-16-7-5-11/h4-7,9-10H,3,8H2,1-2H3,(H,17,18). The van der Waals surface area contributed by atoms with Gasteiger partial charge >= 0.3 is 0 Å². The highest BCUT2D eigenvalue weighted by Crippen LogP contribution is 2.23. The molecule has 3 heterocycles. The van der Waals surface area contributed by atoms with E-state index in [1.165, 1.54) is 4.88 Å². The zero-order valence-electron chi connectivity index (χ0n) is 12.1. The van der Waals surface area contributed by atoms with Crippen LogP contribution >= 0.6 is 11.3 Å². The predicted octanol–water partition coefficient (Wildman–Crippen LogP) is 3.11. The lowest BCUT2D eigenvalue weighted by atomic mass is 10.1. The molecule has 21 heavy (non-hydrogen) atoms. The quantitative estimate of drug-likeness (QED) is 0.786. The van der Waals surface area contributed by atoms with E-state index >= 15 is 0 Å². The number of nitrogens with zero attached hydrogens (tertiary/aromatic N) is 4. The molecule has 0 radical (unpaired) electrons. The maximum Gasteiger partial charge on any atom is 0.183 e. The van der Waals surface area contributed by atoms with E-state index in [1.807, 2.05) is 36.3 Å². The zero-order valence-corrected chi connectivity index (χ0v) is 12.9. The number of rotatable bonds is 5. The van der Waals surface area contributed by atoms with Crippen LogP contribution in [0.2, 0.25) is 0 Å². The smallest absolute Gasteiger partial charge is 0.183 e. The van der Waals surface area contributed by atoms with Crippen LogP contribution in [-0.4, -0.2) is 19.7 Å². The SMILES string of the molecule is CCc1cnc(NCc2cn(C)nc2-c2ccncc2)s1. The van der Waals surface area contributed by atoms with Crippen LogP contribution in [0.5, 0.6) is 0 Å². The summed E-state index contributed by atoms with van der Waals surface area (Å²) in [5, 5.41) is 8.88. The van der Waals surface area contributed by atoms with E-state index in [4.69, 9.17) is 0 Å². The fourth-order valence-electron chi connectivity index (χ4n) is 2.14. The summed E-state index contributed by atoms with van der Waals surface area (Å²) < 4.78 is 1.84. The molecule has 108 valence electrons. The maximum atomic E-state index is 4.55. The number of nitrogens with one attached hydrogen (secondary N) is 1. The van der Waals surface area contributed by atoms with Crippen LogP contribution in [0, 0.1) is 0 Å². The second-order valence-electron chi connectivity index (χ2n) is 4.75. The topological polar surface area (TPSA) is 55.6 Å². The Morgan fingerprint density at radius 2 is 2.10 bits per heavy atom. The molecule has 5 nitrogen and oxygen atoms in total. The molecule has 3 aromatic rings. The molecule has 0 bridgehead atoms. The largest absolute Gasteiger partial charge is 0.357 e. The summed E-state index contributed by atoms with van der Waals surface area (Å²) in [5.41, 5.74) is 3.22. The molecule has 1 N–H and O–H groups in total. The van der Waals surface area contributed by atoms with Crippen molar-refractivity contribution < 1.29 is 0 Å². The summed E-state index contributed by atoms with van der Waals surface area (Å²) >= 11 is 1.70. The van der Waals surface area contributed by atoms with Crippen molar-refractivity contribution in [2.75, 3.05) is 5.32 Å². The highest BCUT2D eigenvalue weighted by molar-refractivity contribution is 7.15. The average molecular weight is 299 g/mol. The second kappa shape index (κ2) is 6.05. The Balaban J connectivity index is 1.79. The van der Waals surface area contributed by atoms with Crippen LogP contribution in [-0.2, 0) is 20.0 Å². The number of pyridine rings is 1. The van der Waals surface area contributed by atoms with Gasteiger partial charge in [-0.2, -0.15) is 5.10 Å². The van der Waals surface area contributed by atoms with Gasteiger partial charge in [-0.05, 0) is 18.6 Å². The molecule has 0 saturated carbocycles. The molecular weight excluding hydrogens is 282 g/mol. The summed E-state index contributed by atoms with van der Waals surface area (Å²) in [6.45, 7) is 2.85. The van der Waals surface area contributed by atoms with Crippen LogP contribution in [0.3, 0.4) is 0 Å². The van der Waals surface area contributed by atoms with Gasteiger partial charge in [-0.1, -0.05) is 6.92 Å². The molecule has 0 atom stereocenters. The van der Waals surface area contributed by atoms with Gasteiger partial charge in [0.05, 0.1) is 5.69 Å². The van der Waals surface area contributed by atoms with Crippen LogP contribution < -0.4 is 5.32 Å². The van der Waals surface area contributed by atoms with Gasteiger partial charge in [-0.3, -0.25) is 9.67 Å². The van der Waals surface area contributed by atoms with Crippen molar-refractivity contribution >= 4 is 16.5 Å². The lowest BCUT2D eigenvalue weighted by Crippen LogP contribution is -1.99. The summed E-state index contributed by atoms with van der Waals surface area (Å²) in [7, 11) is 1.94. The molecule has 0 aromatic carbocycles. The Kier molecular flexibility index (Phi) is 3.96. The first kappa shape index (κ1) is 13.8. The Hall–Kier alpha value is -2.21. The Bertz CT molecular complexity index is 717. The van der Waals surface area contributed by atoms with E-state index in [0.717, 1.165) is 28.4 Å². The number of hydrogen-bond donors (Lipinski definition) is 1. The molecule has 0 unspecified atom stereocenters. The third kappa shape index (κ3) is 3.11. The van der Waals surface area contributed by atoms with Gasteiger partial charge in [-0.25, -0.2) is 4.98 Å². The molecular formula is C15H17N5S. The summed E-state index contributed by atoms with van der Waals surface area (Å²) in [5.74, 6) is 0. The lowest BCUT2D eigenvalue weighted by molar-refractivity contribution is 0.770. The van der Waals surface area contributed by atoms with E-state index < -0.39 is 0 Å². The van der Waals surface area contributed by atoms with Crippen molar-refractivity contribution in [3.63, 3.8) is 0 Å². The highest BCUT2D eigenvalue weighted by Gasteiger charge is 2.10. The molecule has 0 aliphatic carbocycles. The van der Waals surface area contributed by atoms with Crippen LogP contribution in [0.15, 0.2) is 36.9 Å². The first-order valence-electron chi connectivity index (χ1n) is 6.87. The molecule has 0 spiro atoms. The predicted molar refractivity (Wildman–Crippen MR) is 85.3 cm³/mol. The second-order valence-corrected chi connectivity index (χ2v) is 5.87. The van der Waals surface area contributed by atoms with Gasteiger partial charge in [0.2, 0.25) is 0 Å². The van der Waals surface area contributed by atoms with Crippen molar-refractivity contribution in [1.82, 2.24) is 19.7 Å². The average Bonchev–Trinajstić information content (AvgIpc) is 3.12. The zero-order chi connectivity index (χ0) is 14.7. The molecule has 0 saturated heterocycles. The van der Waals surface area contributed by atoms with Crippen LogP contribution in [0.25, 0.3) is 11.3 Å². The summed E-state index contributed by atoms with van der Waals surface area (Å²) in [6, 6.07) is 3.95. The van der Waals surface area contributed by atoms with Gasteiger partial charge in [-0.15, -0.1) is 11.3 Å². The minimum Gasteiger partial charge on any atom is -0.357 e. The van der Waals surface area contributed by atoms with Gasteiger partial charge < -0.3 is 5.32 Å². The maximum absolute atomic E-state index is 4.55. The third-order valence-corrected chi connectivity index (χ3v) is 4.29. The number of aromatic nitrogens is 4. The molecule has 3 rings (SSSR count). The molecule has 0 amide bonds. The minimum atomic E-state index is 0.710. The van der Waals surface area contributed by atoms with Gasteiger partial charge in [0.15, 0.2) is 5.13 Å². The third-order valence-electron chi connectivity index (χ3n) is 3.19. The van der Waals surface area contributed by atoms with Crippen molar-refractivity contribution in [3.8, 4) is 11.3 Å². The summed E-state index contributed by atoms with van der Waals surface area (Å²) in [4.78, 5) is 9.73. The van der Waals surface area contributed by atoms with E-state index in [-0.39, 0.29) is 0 Å². The van der Waals surface area contributed by atoms with Gasteiger partial charge in [0.25, 0.3) is 0 Å². The number of aryl methyl sites for hydroxylation is 2. The summed E-state index contributed by atoms with van der Waals surface area (Å²) in [6.07, 6.45) is 8.57. The normalized spacial score (nSPS) is 10.8. The van der Waals surface area contributed by atoms with Crippen molar-refractivity contribution in [1.29, 1.82) is 0 Å². The monoisotopic (exact) mass is 299 g/mol. The van der Waals surface area contributed by atoms with Crippen LogP contribution in [0.4, 0.5) is 5.13 Å². The molecule has 0 aliphatic rings. The fraction of sp³-hybridized carbons (Fsp3) is 0.267. The number of hydrogen-bond acceptors (Lipinski definition) is 5. The Labute approximate surface area is 127 Å². The molecule has 3 aromatic heterocycles. The van der Waals surface area contributed by atoms with E-state index in [9.17, 15) is 0 Å². The van der Waals surface area contributed by atoms with Crippen molar-refractivity contribution in [3.05, 3.63) is 47.4 Å². The molecule has 0 aliphatic heterocycles. The Morgan fingerprint density at radius 3 is 2.81 bits per heavy atom. The Morgan fingerprint density at radius 1 is 1.29 bits per heavy atom. The molecule has 0 fully saturated rings. The first-order chi connectivity index (χ1) is 10.3. The van der Waals surface area contributed by atoms with E-state index in [1.54, 1.807) is 23.7 Å². The van der Waals surface area contributed by atoms with E-state index in [0.29, 0.717) is 6.54 Å². The fourth-order valence-corrected chi connectivity index (χ4v) is 2.89. The van der Waals surface area contributed by atoms with Crippen molar-refractivity contribution in [2.45, 2.75) is 19.9 Å². The molecule has 6 heteroatoms. The first-order valence-corrected chi connectivity index (χ1v) is 7.69. The van der Waals surface area contributed by atoms with Crippen molar-refractivity contribution in [2.24, 2.45) is 7.05 Å². The van der Waals surface area contributed by atoms with Crippen LogP contribution in [0.1, 0.15) is 17.4 Å². The van der Waals surface area contributed by atoms with Gasteiger partial charge in [0, 0.05) is 54.4 Å². The highest BCUT2D eigenvalue weighted by atomic mass is 32.1. The minimum absolute atomic E-state index is 0.710.